The lowest BCUT2D eigenvalue weighted by molar-refractivity contribution is 0.0927. The molecule has 1 fully saturated rings. The first-order chi connectivity index (χ1) is 17.7. The number of hydrogen-bond acceptors (Lipinski definition) is 7. The molecule has 1 saturated heterocycles. The number of amides is 3. The number of likely N-dealkylation sites (tertiary alicyclic amines) is 1. The minimum atomic E-state index is -0.962. The highest BCUT2D eigenvalue weighted by molar-refractivity contribution is 7.11. The van der Waals surface area contributed by atoms with Gasteiger partial charge in [-0.05, 0) is 75.4 Å². The van der Waals surface area contributed by atoms with Gasteiger partial charge in [0.25, 0.3) is 5.91 Å². The van der Waals surface area contributed by atoms with Crippen molar-refractivity contribution in [3.63, 3.8) is 0 Å². The van der Waals surface area contributed by atoms with Gasteiger partial charge in [0.1, 0.15) is 28.3 Å². The van der Waals surface area contributed by atoms with Gasteiger partial charge in [-0.25, -0.2) is 13.6 Å². The highest BCUT2D eigenvalue weighted by atomic mass is 32.1. The number of urea groups is 1. The molecule has 0 spiro atoms. The van der Waals surface area contributed by atoms with Crippen LogP contribution in [0.3, 0.4) is 0 Å². The standard InChI is InChI=1S/C25H35F2N5O4S/c1-16(19-14-17(26)9-10-20(19)27)36-23-21(22(28)34)24(37-31-23)30-25(35)29-11-5-2-4-8-18(33)15-32-12-6-3-7-13-32/h9-10,14,16,18,33H,2-8,11-13,15H2,1H3,(H2,28,34)(H2,29,30,35). The zero-order valence-electron chi connectivity index (χ0n) is 21.0. The first-order valence-electron chi connectivity index (χ1n) is 12.6. The number of aromatic nitrogens is 1. The molecule has 12 heteroatoms. The smallest absolute Gasteiger partial charge is 0.319 e. The average molecular weight is 540 g/mol. The maximum absolute atomic E-state index is 14.1. The van der Waals surface area contributed by atoms with Crippen LogP contribution in [0.15, 0.2) is 18.2 Å². The number of anilines is 1. The van der Waals surface area contributed by atoms with Crippen LogP contribution >= 0.6 is 11.5 Å². The van der Waals surface area contributed by atoms with Crippen molar-refractivity contribution in [2.75, 3.05) is 31.5 Å². The first kappa shape index (κ1) is 28.7. The van der Waals surface area contributed by atoms with Gasteiger partial charge in [-0.15, -0.1) is 0 Å². The fraction of sp³-hybridized carbons (Fsp3) is 0.560. The molecule has 3 amide bonds. The van der Waals surface area contributed by atoms with Crippen molar-refractivity contribution in [2.24, 2.45) is 5.73 Å². The molecule has 1 aromatic heterocycles. The van der Waals surface area contributed by atoms with Crippen LogP contribution in [-0.4, -0.2) is 58.6 Å². The van der Waals surface area contributed by atoms with Crippen LogP contribution in [0.25, 0.3) is 0 Å². The average Bonchev–Trinajstić information content (AvgIpc) is 3.25. The number of nitrogens with two attached hydrogens (primary N) is 1. The van der Waals surface area contributed by atoms with E-state index in [1.54, 1.807) is 0 Å². The molecule has 0 saturated carbocycles. The summed E-state index contributed by atoms with van der Waals surface area (Å²) in [4.78, 5) is 26.6. The Morgan fingerprint density at radius 1 is 1.22 bits per heavy atom. The number of β-amino-alcohol motifs (C(OH)–C–C–N with tert-alkyl or cyclic N) is 1. The highest BCUT2D eigenvalue weighted by Gasteiger charge is 2.25. The molecular weight excluding hydrogens is 504 g/mol. The Bertz CT molecular complexity index is 1050. The minimum Gasteiger partial charge on any atom is -0.468 e. The van der Waals surface area contributed by atoms with Gasteiger partial charge in [-0.3, -0.25) is 10.1 Å². The number of benzene rings is 1. The molecule has 1 aliphatic rings. The van der Waals surface area contributed by atoms with Crippen LogP contribution in [0.5, 0.6) is 5.88 Å². The SMILES string of the molecule is CC(Oc1nsc(NC(=O)NCCCCCC(O)CN2CCCCC2)c1C(N)=O)c1cc(F)ccc1F. The molecule has 2 unspecified atom stereocenters. The second kappa shape index (κ2) is 14.2. The Labute approximate surface area is 219 Å². The molecule has 2 heterocycles. The number of rotatable bonds is 13. The third-order valence-electron chi connectivity index (χ3n) is 6.24. The van der Waals surface area contributed by atoms with Crippen molar-refractivity contribution < 1.29 is 28.2 Å². The molecule has 37 heavy (non-hydrogen) atoms. The molecule has 1 aliphatic heterocycles. The number of carbonyl (C=O) groups is 2. The quantitative estimate of drug-likeness (QED) is 0.283. The summed E-state index contributed by atoms with van der Waals surface area (Å²) in [6.07, 6.45) is 5.57. The van der Waals surface area contributed by atoms with Crippen molar-refractivity contribution in [1.82, 2.24) is 14.6 Å². The Hall–Kier alpha value is -2.83. The van der Waals surface area contributed by atoms with E-state index in [2.05, 4.69) is 19.9 Å². The number of unbranched alkanes of at least 4 members (excludes halogenated alkanes) is 2. The number of primary amides is 1. The normalized spacial score (nSPS) is 15.7. The molecule has 2 aromatic rings. The van der Waals surface area contributed by atoms with Gasteiger partial charge >= 0.3 is 6.03 Å². The van der Waals surface area contributed by atoms with Crippen molar-refractivity contribution in [2.45, 2.75) is 64.1 Å². The maximum Gasteiger partial charge on any atom is 0.319 e. The molecule has 5 N–H and O–H groups in total. The number of aliphatic hydroxyl groups excluding tert-OH is 1. The summed E-state index contributed by atoms with van der Waals surface area (Å²) in [5.74, 6) is -2.35. The Morgan fingerprint density at radius 3 is 2.70 bits per heavy atom. The minimum absolute atomic E-state index is 0.0466. The monoisotopic (exact) mass is 539 g/mol. The van der Waals surface area contributed by atoms with E-state index in [0.717, 1.165) is 75.0 Å². The van der Waals surface area contributed by atoms with E-state index in [1.165, 1.54) is 26.2 Å². The van der Waals surface area contributed by atoms with E-state index in [0.29, 0.717) is 6.54 Å². The second-order valence-electron chi connectivity index (χ2n) is 9.23. The van der Waals surface area contributed by atoms with Crippen LogP contribution in [0.2, 0.25) is 0 Å². The molecule has 0 aliphatic carbocycles. The number of piperidine rings is 1. The van der Waals surface area contributed by atoms with Crippen molar-refractivity contribution >= 4 is 28.5 Å². The molecule has 204 valence electrons. The van der Waals surface area contributed by atoms with Gasteiger partial charge in [0.05, 0.1) is 6.10 Å². The lowest BCUT2D eigenvalue weighted by atomic mass is 10.1. The number of ether oxygens (including phenoxy) is 1. The fourth-order valence-corrected chi connectivity index (χ4v) is 5.00. The number of hydrogen-bond donors (Lipinski definition) is 4. The van der Waals surface area contributed by atoms with E-state index < -0.39 is 29.7 Å². The van der Waals surface area contributed by atoms with Crippen molar-refractivity contribution in [1.29, 1.82) is 0 Å². The zero-order valence-corrected chi connectivity index (χ0v) is 21.8. The van der Waals surface area contributed by atoms with E-state index in [-0.39, 0.29) is 28.1 Å². The Balaban J connectivity index is 1.41. The van der Waals surface area contributed by atoms with Gasteiger partial charge in [0.2, 0.25) is 5.88 Å². The van der Waals surface area contributed by atoms with Gasteiger partial charge in [-0.1, -0.05) is 19.3 Å². The predicted molar refractivity (Wildman–Crippen MR) is 138 cm³/mol. The van der Waals surface area contributed by atoms with Crippen molar-refractivity contribution in [3.8, 4) is 5.88 Å². The molecular formula is C25H35F2N5O4S. The summed E-state index contributed by atoms with van der Waals surface area (Å²) in [5, 5.41) is 15.6. The first-order valence-corrected chi connectivity index (χ1v) is 13.4. The van der Waals surface area contributed by atoms with E-state index >= 15 is 0 Å². The second-order valence-corrected chi connectivity index (χ2v) is 10.0. The number of carbonyl (C=O) groups excluding carboxylic acids is 2. The lowest BCUT2D eigenvalue weighted by Gasteiger charge is -2.28. The van der Waals surface area contributed by atoms with E-state index in [9.17, 15) is 23.5 Å². The van der Waals surface area contributed by atoms with Gasteiger partial charge in [0.15, 0.2) is 0 Å². The summed E-state index contributed by atoms with van der Waals surface area (Å²) in [5.41, 5.74) is 5.27. The topological polar surface area (TPSA) is 130 Å². The summed E-state index contributed by atoms with van der Waals surface area (Å²) in [6, 6.07) is 2.43. The van der Waals surface area contributed by atoms with Crippen LogP contribution in [-0.2, 0) is 0 Å². The highest BCUT2D eigenvalue weighted by Crippen LogP contribution is 2.33. The molecule has 3 rings (SSSR count). The van der Waals surface area contributed by atoms with Crippen LogP contribution in [0, 0.1) is 11.6 Å². The largest absolute Gasteiger partial charge is 0.468 e. The Morgan fingerprint density at radius 2 is 1.97 bits per heavy atom. The summed E-state index contributed by atoms with van der Waals surface area (Å²) < 4.78 is 37.2. The Kier molecular flexibility index (Phi) is 11.0. The maximum atomic E-state index is 14.1. The molecule has 0 radical (unpaired) electrons. The predicted octanol–water partition coefficient (Wildman–Crippen LogP) is 4.19. The van der Waals surface area contributed by atoms with E-state index in [4.69, 9.17) is 10.5 Å². The number of aliphatic hydroxyl groups is 1. The van der Waals surface area contributed by atoms with Gasteiger partial charge in [0, 0.05) is 18.7 Å². The molecule has 2 atom stereocenters. The lowest BCUT2D eigenvalue weighted by Crippen LogP contribution is -2.36. The van der Waals surface area contributed by atoms with Gasteiger partial charge in [-0.2, -0.15) is 4.37 Å². The number of nitrogens with one attached hydrogen (secondary N) is 2. The van der Waals surface area contributed by atoms with Crippen LogP contribution < -0.4 is 21.1 Å². The van der Waals surface area contributed by atoms with E-state index in [1.807, 2.05) is 0 Å². The van der Waals surface area contributed by atoms with Crippen molar-refractivity contribution in [3.05, 3.63) is 41.0 Å². The fourth-order valence-electron chi connectivity index (χ4n) is 4.28. The molecule has 1 aromatic carbocycles. The third-order valence-corrected chi connectivity index (χ3v) is 6.98. The van der Waals surface area contributed by atoms with Crippen LogP contribution in [0.4, 0.5) is 18.6 Å². The third kappa shape index (κ3) is 8.90. The number of nitrogens with zero attached hydrogens (tertiary/aromatic N) is 2. The summed E-state index contributed by atoms with van der Waals surface area (Å²) in [7, 11) is 0. The molecule has 9 nitrogen and oxygen atoms in total. The summed E-state index contributed by atoms with van der Waals surface area (Å²) >= 11 is 0.795. The zero-order chi connectivity index (χ0) is 26.8. The van der Waals surface area contributed by atoms with Crippen LogP contribution in [0.1, 0.15) is 73.9 Å². The summed E-state index contributed by atoms with van der Waals surface area (Å²) in [6.45, 7) is 4.74. The number of halogens is 2. The van der Waals surface area contributed by atoms with Gasteiger partial charge < -0.3 is 25.8 Å². The molecule has 0 bridgehead atoms.